The van der Waals surface area contributed by atoms with E-state index in [1.54, 1.807) is 53.6 Å². The van der Waals surface area contributed by atoms with Gasteiger partial charge in [0.15, 0.2) is 5.78 Å². The molecule has 2 heterocycles. The highest BCUT2D eigenvalue weighted by atomic mass is 35.5. The van der Waals surface area contributed by atoms with Gasteiger partial charge in [-0.2, -0.15) is 5.10 Å². The van der Waals surface area contributed by atoms with Crippen LogP contribution in [0.15, 0.2) is 48.7 Å². The van der Waals surface area contributed by atoms with E-state index in [0.29, 0.717) is 27.4 Å². The largest absolute Gasteiger partial charge is 0.302 e. The summed E-state index contributed by atoms with van der Waals surface area (Å²) in [6.45, 7) is 0.267. The topological polar surface area (TPSA) is 54.7 Å². The van der Waals surface area contributed by atoms with Crippen molar-refractivity contribution >= 4 is 28.7 Å². The fourth-order valence-electron chi connectivity index (χ4n) is 2.55. The molecule has 5 nitrogen and oxygen atoms in total. The zero-order chi connectivity index (χ0) is 17.3. The van der Waals surface area contributed by atoms with Crippen LogP contribution >= 0.6 is 11.6 Å². The van der Waals surface area contributed by atoms with Crippen LogP contribution in [0, 0.1) is 0 Å². The van der Waals surface area contributed by atoms with Crippen molar-refractivity contribution in [2.45, 2.75) is 0 Å². The lowest BCUT2D eigenvalue weighted by atomic mass is 10.1. The molecule has 3 rings (SSSR count). The van der Waals surface area contributed by atoms with Crippen LogP contribution in [0.1, 0.15) is 26.4 Å². The summed E-state index contributed by atoms with van der Waals surface area (Å²) in [5.41, 5.74) is 1.97. The molecule has 0 aliphatic carbocycles. The van der Waals surface area contributed by atoms with Gasteiger partial charge in [0.1, 0.15) is 5.69 Å². The molecule has 0 aliphatic heterocycles. The second-order valence-electron chi connectivity index (χ2n) is 5.76. The number of aromatic nitrogens is 2. The SMILES string of the molecule is CN(C)CC(=O)c1cc(C(=O)c2ccc(Cl)cc2)n2ncccc12. The van der Waals surface area contributed by atoms with E-state index in [1.807, 2.05) is 14.1 Å². The first-order valence-corrected chi connectivity index (χ1v) is 7.80. The third-order valence-electron chi connectivity index (χ3n) is 3.63. The number of benzene rings is 1. The molecule has 0 spiro atoms. The minimum atomic E-state index is -0.204. The Hall–Kier alpha value is -2.50. The highest BCUT2D eigenvalue weighted by molar-refractivity contribution is 6.30. The number of hydrogen-bond donors (Lipinski definition) is 0. The normalized spacial score (nSPS) is 11.2. The molecule has 0 amide bonds. The van der Waals surface area contributed by atoms with Crippen molar-refractivity contribution in [2.24, 2.45) is 0 Å². The Morgan fingerprint density at radius 1 is 1.17 bits per heavy atom. The van der Waals surface area contributed by atoms with Crippen LogP contribution < -0.4 is 0 Å². The average molecular weight is 342 g/mol. The van der Waals surface area contributed by atoms with Crippen molar-refractivity contribution in [1.29, 1.82) is 0 Å². The van der Waals surface area contributed by atoms with Gasteiger partial charge in [-0.1, -0.05) is 11.6 Å². The highest BCUT2D eigenvalue weighted by Gasteiger charge is 2.21. The lowest BCUT2D eigenvalue weighted by Crippen LogP contribution is -2.21. The number of rotatable bonds is 5. The molecule has 0 bridgehead atoms. The second kappa shape index (κ2) is 6.55. The van der Waals surface area contributed by atoms with Crippen LogP contribution in [-0.4, -0.2) is 46.7 Å². The zero-order valence-electron chi connectivity index (χ0n) is 13.4. The van der Waals surface area contributed by atoms with E-state index in [9.17, 15) is 9.59 Å². The first-order valence-electron chi connectivity index (χ1n) is 7.42. The molecule has 0 radical (unpaired) electrons. The monoisotopic (exact) mass is 341 g/mol. The number of halogens is 1. The van der Waals surface area contributed by atoms with E-state index in [2.05, 4.69) is 5.10 Å². The van der Waals surface area contributed by atoms with E-state index in [-0.39, 0.29) is 18.1 Å². The third kappa shape index (κ3) is 3.09. The Labute approximate surface area is 144 Å². The summed E-state index contributed by atoms with van der Waals surface area (Å²) in [7, 11) is 3.66. The molecule has 2 aromatic heterocycles. The molecule has 0 fully saturated rings. The van der Waals surface area contributed by atoms with Crippen LogP contribution in [-0.2, 0) is 0 Å². The lowest BCUT2D eigenvalue weighted by molar-refractivity contribution is 0.0959. The first kappa shape index (κ1) is 16.4. The highest BCUT2D eigenvalue weighted by Crippen LogP contribution is 2.20. The smallest absolute Gasteiger partial charge is 0.211 e. The van der Waals surface area contributed by atoms with E-state index < -0.39 is 0 Å². The van der Waals surface area contributed by atoms with Gasteiger partial charge in [-0.25, -0.2) is 4.52 Å². The van der Waals surface area contributed by atoms with Gasteiger partial charge >= 0.3 is 0 Å². The number of carbonyl (C=O) groups is 2. The fourth-order valence-corrected chi connectivity index (χ4v) is 2.67. The molecule has 6 heteroatoms. The van der Waals surface area contributed by atoms with Gasteiger partial charge in [0, 0.05) is 22.3 Å². The number of nitrogens with zero attached hydrogens (tertiary/aromatic N) is 3. The van der Waals surface area contributed by atoms with Gasteiger partial charge in [0.2, 0.25) is 5.78 Å². The molecule has 0 saturated carbocycles. The number of hydrogen-bond acceptors (Lipinski definition) is 4. The van der Waals surface area contributed by atoms with Gasteiger partial charge in [-0.05, 0) is 56.6 Å². The molecule has 24 heavy (non-hydrogen) atoms. The minimum Gasteiger partial charge on any atom is -0.302 e. The van der Waals surface area contributed by atoms with Crippen molar-refractivity contribution in [3.8, 4) is 0 Å². The maximum absolute atomic E-state index is 12.8. The molecule has 0 saturated heterocycles. The average Bonchev–Trinajstić information content (AvgIpc) is 2.94. The Kier molecular flexibility index (Phi) is 4.46. The van der Waals surface area contributed by atoms with Crippen molar-refractivity contribution in [1.82, 2.24) is 14.5 Å². The van der Waals surface area contributed by atoms with Crippen LogP contribution in [0.4, 0.5) is 0 Å². The van der Waals surface area contributed by atoms with Gasteiger partial charge in [-0.3, -0.25) is 9.59 Å². The molecule has 122 valence electrons. The minimum absolute atomic E-state index is 0.0549. The maximum atomic E-state index is 12.8. The van der Waals surface area contributed by atoms with E-state index >= 15 is 0 Å². The van der Waals surface area contributed by atoms with Gasteiger partial charge in [-0.15, -0.1) is 0 Å². The van der Waals surface area contributed by atoms with E-state index in [4.69, 9.17) is 11.6 Å². The van der Waals surface area contributed by atoms with Crippen molar-refractivity contribution in [3.05, 3.63) is 70.5 Å². The second-order valence-corrected chi connectivity index (χ2v) is 6.20. The van der Waals surface area contributed by atoms with Crippen molar-refractivity contribution in [2.75, 3.05) is 20.6 Å². The molecule has 1 aromatic carbocycles. The lowest BCUT2D eigenvalue weighted by Gasteiger charge is -2.07. The molecular formula is C18H16ClN3O2. The van der Waals surface area contributed by atoms with Gasteiger partial charge < -0.3 is 4.90 Å². The van der Waals surface area contributed by atoms with Gasteiger partial charge in [0.25, 0.3) is 0 Å². The summed E-state index contributed by atoms with van der Waals surface area (Å²) in [5.74, 6) is -0.259. The molecule has 0 aliphatic rings. The van der Waals surface area contributed by atoms with Crippen molar-refractivity contribution < 1.29 is 9.59 Å². The number of carbonyl (C=O) groups excluding carboxylic acids is 2. The van der Waals surface area contributed by atoms with Crippen LogP contribution in [0.25, 0.3) is 5.52 Å². The third-order valence-corrected chi connectivity index (χ3v) is 3.89. The Morgan fingerprint density at radius 2 is 1.88 bits per heavy atom. The Balaban J connectivity index is 2.10. The number of fused-ring (bicyclic) bond motifs is 1. The first-order chi connectivity index (χ1) is 11.5. The Morgan fingerprint density at radius 3 is 2.54 bits per heavy atom. The molecule has 3 aromatic rings. The van der Waals surface area contributed by atoms with Gasteiger partial charge in [0.05, 0.1) is 12.1 Å². The number of likely N-dealkylation sites (N-methyl/N-ethyl adjacent to an activating group) is 1. The standard InChI is InChI=1S/C18H16ClN3O2/c1-21(2)11-17(23)14-10-16(22-15(14)4-3-9-20-22)18(24)12-5-7-13(19)8-6-12/h3-10H,11H2,1-2H3. The summed E-state index contributed by atoms with van der Waals surface area (Å²) < 4.78 is 1.51. The summed E-state index contributed by atoms with van der Waals surface area (Å²) in [5, 5.41) is 4.79. The Bertz CT molecular complexity index is 914. The molecule has 0 N–H and O–H groups in total. The van der Waals surface area contributed by atoms with Crippen LogP contribution in [0.5, 0.6) is 0 Å². The zero-order valence-corrected chi connectivity index (χ0v) is 14.1. The molecule has 0 unspecified atom stereocenters. The predicted molar refractivity (Wildman–Crippen MR) is 93.0 cm³/mol. The predicted octanol–water partition coefficient (Wildman–Crippen LogP) is 2.96. The van der Waals surface area contributed by atoms with Crippen LogP contribution in [0.2, 0.25) is 5.02 Å². The summed E-state index contributed by atoms with van der Waals surface area (Å²) in [6.07, 6.45) is 1.59. The quantitative estimate of drug-likeness (QED) is 0.669. The maximum Gasteiger partial charge on any atom is 0.211 e. The molecular weight excluding hydrogens is 326 g/mol. The summed E-state index contributed by atoms with van der Waals surface area (Å²) in [4.78, 5) is 27.1. The fraction of sp³-hybridized carbons (Fsp3) is 0.167. The number of ketones is 2. The van der Waals surface area contributed by atoms with Crippen LogP contribution in [0.3, 0.4) is 0 Å². The number of Topliss-reactive ketones (excluding diaryl/α,β-unsaturated/α-hetero) is 1. The summed E-state index contributed by atoms with van der Waals surface area (Å²) in [6, 6.07) is 11.8. The summed E-state index contributed by atoms with van der Waals surface area (Å²) >= 11 is 5.87. The van der Waals surface area contributed by atoms with E-state index in [1.165, 1.54) is 4.52 Å². The van der Waals surface area contributed by atoms with Crippen molar-refractivity contribution in [3.63, 3.8) is 0 Å². The molecule has 0 atom stereocenters. The van der Waals surface area contributed by atoms with E-state index in [0.717, 1.165) is 0 Å².